The van der Waals surface area contributed by atoms with E-state index < -0.39 is 71.5 Å². The summed E-state index contributed by atoms with van der Waals surface area (Å²) in [6.07, 6.45) is -0.506. The molecule has 304 valence electrons. The van der Waals surface area contributed by atoms with E-state index in [2.05, 4.69) is 26.6 Å². The van der Waals surface area contributed by atoms with Crippen molar-refractivity contribution >= 4 is 35.7 Å². The van der Waals surface area contributed by atoms with Gasteiger partial charge in [-0.2, -0.15) is 0 Å². The zero-order valence-corrected chi connectivity index (χ0v) is 34.2. The highest BCUT2D eigenvalue weighted by atomic mass is 16.6. The Kier molecular flexibility index (Phi) is 18.9. The van der Waals surface area contributed by atoms with Crippen molar-refractivity contribution in [2.24, 2.45) is 17.8 Å². The van der Waals surface area contributed by atoms with Gasteiger partial charge < -0.3 is 36.1 Å². The Labute approximate surface area is 326 Å². The van der Waals surface area contributed by atoms with Crippen LogP contribution in [0.4, 0.5) is 4.79 Å². The zero-order valence-electron chi connectivity index (χ0n) is 34.2. The van der Waals surface area contributed by atoms with Crippen molar-refractivity contribution in [3.05, 3.63) is 71.8 Å². The lowest BCUT2D eigenvalue weighted by Gasteiger charge is -2.28. The molecule has 0 aromatic heterocycles. The molecule has 0 saturated carbocycles. The van der Waals surface area contributed by atoms with E-state index in [4.69, 9.17) is 9.47 Å². The van der Waals surface area contributed by atoms with Crippen LogP contribution in [0.25, 0.3) is 0 Å². The molecule has 2 aromatic rings. The summed E-state index contributed by atoms with van der Waals surface area (Å²) in [4.78, 5) is 79.3. The number of nitrogens with one attached hydrogen (secondary N) is 5. The summed E-state index contributed by atoms with van der Waals surface area (Å²) < 4.78 is 10.2. The minimum atomic E-state index is -0.993. The summed E-state index contributed by atoms with van der Waals surface area (Å²) in [6.45, 7) is 16.5. The molecule has 0 aliphatic rings. The highest BCUT2D eigenvalue weighted by molar-refractivity contribution is 5.90. The molecular weight excluding hydrogens is 702 g/mol. The molecule has 0 aliphatic carbocycles. The van der Waals surface area contributed by atoms with Gasteiger partial charge in [0.1, 0.15) is 17.7 Å². The fraction of sp³-hybridized carbons (Fsp3) is 0.571. The summed E-state index contributed by atoms with van der Waals surface area (Å²) in [6, 6.07) is 14.8. The number of carbonyl (C=O) groups is 6. The van der Waals surface area contributed by atoms with E-state index in [1.54, 1.807) is 20.8 Å². The SMILES string of the molecule is COC(=O)C[C@@H](NC(=O)[C@@H](Cc1ccccc1)NC(=O)C[C@@H](NC(=O)[C@@H](Cc1ccccc1)NC(=O)C[C@@H](NC(=O)OC(C)(C)C)C(C)C)C(C)C)C(C)C. The van der Waals surface area contributed by atoms with Gasteiger partial charge in [-0.3, -0.25) is 24.0 Å². The number of carbonyl (C=O) groups excluding carboxylic acids is 6. The van der Waals surface area contributed by atoms with Crippen LogP contribution in [0.2, 0.25) is 0 Å². The third-order valence-electron chi connectivity index (χ3n) is 9.07. The summed E-state index contributed by atoms with van der Waals surface area (Å²) in [5.74, 6) is -2.68. The average Bonchev–Trinajstić information content (AvgIpc) is 3.09. The van der Waals surface area contributed by atoms with Gasteiger partial charge in [-0.05, 0) is 49.7 Å². The van der Waals surface area contributed by atoms with Gasteiger partial charge in [0.05, 0.1) is 13.5 Å². The van der Waals surface area contributed by atoms with Gasteiger partial charge in [-0.1, -0.05) is 102 Å². The Morgan fingerprint density at radius 1 is 0.545 bits per heavy atom. The van der Waals surface area contributed by atoms with Crippen LogP contribution in [0.1, 0.15) is 92.7 Å². The summed E-state index contributed by atoms with van der Waals surface area (Å²) >= 11 is 0. The van der Waals surface area contributed by atoms with Crippen molar-refractivity contribution < 1.29 is 38.2 Å². The fourth-order valence-corrected chi connectivity index (χ4v) is 5.67. The van der Waals surface area contributed by atoms with Crippen LogP contribution in [0.3, 0.4) is 0 Å². The Balaban J connectivity index is 2.25. The Morgan fingerprint density at radius 3 is 1.25 bits per heavy atom. The molecule has 55 heavy (non-hydrogen) atoms. The second kappa shape index (κ2) is 22.4. The number of benzene rings is 2. The number of methoxy groups -OCH3 is 1. The largest absolute Gasteiger partial charge is 0.469 e. The molecule has 2 aromatic carbocycles. The van der Waals surface area contributed by atoms with Crippen LogP contribution in [0.15, 0.2) is 60.7 Å². The maximum absolute atomic E-state index is 14.0. The van der Waals surface area contributed by atoms with Crippen molar-refractivity contribution in [2.75, 3.05) is 7.11 Å². The topological polar surface area (TPSA) is 181 Å². The van der Waals surface area contributed by atoms with E-state index in [0.717, 1.165) is 11.1 Å². The number of amides is 5. The molecule has 0 heterocycles. The van der Waals surface area contributed by atoms with E-state index in [0.29, 0.717) is 0 Å². The van der Waals surface area contributed by atoms with Gasteiger partial charge in [0.2, 0.25) is 23.6 Å². The maximum Gasteiger partial charge on any atom is 0.407 e. The Bertz CT molecular complexity index is 1540. The second-order valence-electron chi connectivity index (χ2n) is 16.0. The van der Waals surface area contributed by atoms with Gasteiger partial charge in [0.15, 0.2) is 0 Å². The third-order valence-corrected chi connectivity index (χ3v) is 9.07. The van der Waals surface area contributed by atoms with Gasteiger partial charge >= 0.3 is 12.1 Å². The first-order valence-corrected chi connectivity index (χ1v) is 19.1. The predicted molar refractivity (Wildman–Crippen MR) is 212 cm³/mol. The van der Waals surface area contributed by atoms with Crippen LogP contribution in [-0.2, 0) is 46.3 Å². The first-order chi connectivity index (χ1) is 25.8. The highest BCUT2D eigenvalue weighted by Gasteiger charge is 2.31. The number of ether oxygens (including phenoxy) is 2. The van der Waals surface area contributed by atoms with E-state index in [1.165, 1.54) is 7.11 Å². The van der Waals surface area contributed by atoms with Crippen LogP contribution in [0.5, 0.6) is 0 Å². The monoisotopic (exact) mass is 765 g/mol. The van der Waals surface area contributed by atoms with Crippen LogP contribution in [-0.4, -0.2) is 78.6 Å². The van der Waals surface area contributed by atoms with Crippen LogP contribution in [0, 0.1) is 17.8 Å². The fourth-order valence-electron chi connectivity index (χ4n) is 5.67. The lowest BCUT2D eigenvalue weighted by atomic mass is 9.97. The molecule has 5 atom stereocenters. The maximum atomic E-state index is 14.0. The molecular formula is C42H63N5O8. The Hall–Kier alpha value is -4.94. The summed E-state index contributed by atoms with van der Waals surface area (Å²) in [5, 5.41) is 14.4. The van der Waals surface area contributed by atoms with Crippen molar-refractivity contribution in [1.82, 2.24) is 26.6 Å². The highest BCUT2D eigenvalue weighted by Crippen LogP contribution is 2.14. The van der Waals surface area contributed by atoms with E-state index in [1.807, 2.05) is 102 Å². The standard InChI is InChI=1S/C42H63N5O8/c1-26(2)31(23-36(48)43-35(22-30-19-15-12-16-20-30)40(52)46-33(28(5)6)25-38(50)54-10)45-39(51)34(21-29-17-13-11-14-18-29)44-37(49)24-32(27(3)4)47-41(53)55-42(7,8)9/h11-20,26-28,31-35H,21-25H2,1-10H3,(H,43,48)(H,44,49)(H,45,51)(H,46,52)(H,47,53)/t31-,32-,33-,34-,35-/m1/s1. The third kappa shape index (κ3) is 17.8. The molecule has 0 unspecified atom stereocenters. The number of alkyl carbamates (subject to hydrolysis) is 1. The van der Waals surface area contributed by atoms with Gasteiger partial charge in [-0.25, -0.2) is 4.79 Å². The zero-order chi connectivity index (χ0) is 41.3. The quantitative estimate of drug-likeness (QED) is 0.121. The minimum Gasteiger partial charge on any atom is -0.469 e. The first kappa shape index (κ1) is 46.2. The van der Waals surface area contributed by atoms with E-state index >= 15 is 0 Å². The second-order valence-corrected chi connectivity index (χ2v) is 16.0. The van der Waals surface area contributed by atoms with Crippen LogP contribution < -0.4 is 26.6 Å². The molecule has 0 bridgehead atoms. The van der Waals surface area contributed by atoms with Gasteiger partial charge in [0.25, 0.3) is 0 Å². The number of esters is 1. The van der Waals surface area contributed by atoms with E-state index in [9.17, 15) is 28.8 Å². The molecule has 13 heteroatoms. The van der Waals surface area contributed by atoms with Crippen LogP contribution >= 0.6 is 0 Å². The smallest absolute Gasteiger partial charge is 0.407 e. The van der Waals surface area contributed by atoms with Gasteiger partial charge in [0, 0.05) is 43.8 Å². The normalized spacial score (nSPS) is 14.2. The van der Waals surface area contributed by atoms with Crippen molar-refractivity contribution in [3.63, 3.8) is 0 Å². The molecule has 2 rings (SSSR count). The molecule has 0 fully saturated rings. The average molecular weight is 766 g/mol. The first-order valence-electron chi connectivity index (χ1n) is 19.1. The molecule has 0 saturated heterocycles. The minimum absolute atomic E-state index is 0.0214. The van der Waals surface area contributed by atoms with Crippen molar-refractivity contribution in [2.45, 2.75) is 130 Å². The molecule has 0 aliphatic heterocycles. The summed E-state index contributed by atoms with van der Waals surface area (Å²) in [7, 11) is 1.29. The van der Waals surface area contributed by atoms with Crippen molar-refractivity contribution in [1.29, 1.82) is 0 Å². The molecule has 5 N–H and O–H groups in total. The number of rotatable bonds is 20. The Morgan fingerprint density at radius 2 is 0.909 bits per heavy atom. The predicted octanol–water partition coefficient (Wildman–Crippen LogP) is 4.62. The van der Waals surface area contributed by atoms with Crippen molar-refractivity contribution in [3.8, 4) is 0 Å². The molecule has 0 radical (unpaired) electrons. The van der Waals surface area contributed by atoms with Gasteiger partial charge in [-0.15, -0.1) is 0 Å². The van der Waals surface area contributed by atoms with E-state index in [-0.39, 0.29) is 49.9 Å². The lowest BCUT2D eigenvalue weighted by Crippen LogP contribution is -2.55. The molecule has 5 amide bonds. The molecule has 13 nitrogen and oxygen atoms in total. The number of hydrogen-bond acceptors (Lipinski definition) is 8. The lowest BCUT2D eigenvalue weighted by molar-refractivity contribution is -0.142. The summed E-state index contributed by atoms with van der Waals surface area (Å²) in [5.41, 5.74) is 0.927. The molecule has 0 spiro atoms. The number of hydrogen-bond donors (Lipinski definition) is 5.